The Morgan fingerprint density at radius 3 is 2.89 bits per heavy atom. The zero-order valence-electron chi connectivity index (χ0n) is 12.3. The molecule has 2 rings (SSSR count). The lowest BCUT2D eigenvalue weighted by atomic mass is 9.92. The monoisotopic (exact) mass is 261 g/mol. The van der Waals surface area contributed by atoms with Crippen LogP contribution in [-0.4, -0.2) is 17.4 Å². The van der Waals surface area contributed by atoms with Gasteiger partial charge in [0.05, 0.1) is 11.4 Å². The van der Waals surface area contributed by atoms with Gasteiger partial charge in [0, 0.05) is 13.0 Å². The van der Waals surface area contributed by atoms with Crippen LogP contribution in [0.5, 0.6) is 0 Å². The molecular weight excluding hydrogens is 238 g/mol. The lowest BCUT2D eigenvalue weighted by Crippen LogP contribution is -2.22. The zero-order valence-corrected chi connectivity index (χ0v) is 12.3. The predicted octanol–water partition coefficient (Wildman–Crippen LogP) is 3.12. The molecular formula is C15H23N3O. The van der Waals surface area contributed by atoms with Gasteiger partial charge in [-0.25, -0.2) is 4.98 Å². The number of nitrogens with zero attached hydrogens (tertiary/aromatic N) is 1. The SMILES string of the molecule is Cc1cc2c(nc1NC(=O)CC(C)(C)C)CCCN2. The third kappa shape index (κ3) is 3.69. The summed E-state index contributed by atoms with van der Waals surface area (Å²) in [6, 6.07) is 2.08. The largest absolute Gasteiger partial charge is 0.384 e. The standard InChI is InChI=1S/C15H23N3O/c1-10-8-12-11(6-5-7-16-12)17-14(10)18-13(19)9-15(2,3)4/h8,16H,5-7,9H2,1-4H3,(H,17,18,19). The van der Waals surface area contributed by atoms with Crippen molar-refractivity contribution in [1.82, 2.24) is 4.98 Å². The Balaban J connectivity index is 2.14. The Hall–Kier alpha value is -1.58. The van der Waals surface area contributed by atoms with E-state index in [4.69, 9.17) is 0 Å². The van der Waals surface area contributed by atoms with Crippen molar-refractivity contribution < 1.29 is 4.79 Å². The van der Waals surface area contributed by atoms with E-state index in [0.29, 0.717) is 12.2 Å². The molecule has 2 N–H and O–H groups in total. The maximum atomic E-state index is 12.0. The molecule has 0 bridgehead atoms. The molecule has 0 aliphatic carbocycles. The van der Waals surface area contributed by atoms with Crippen LogP contribution in [0.3, 0.4) is 0 Å². The molecule has 2 heterocycles. The van der Waals surface area contributed by atoms with E-state index < -0.39 is 0 Å². The van der Waals surface area contributed by atoms with Crippen LogP contribution in [0.15, 0.2) is 6.07 Å². The molecule has 0 saturated heterocycles. The van der Waals surface area contributed by atoms with E-state index in [2.05, 4.69) is 42.5 Å². The Labute approximate surface area is 115 Å². The van der Waals surface area contributed by atoms with Crippen LogP contribution in [0, 0.1) is 12.3 Å². The number of aromatic nitrogens is 1. The number of anilines is 2. The van der Waals surface area contributed by atoms with E-state index in [1.165, 1.54) is 0 Å². The molecule has 0 unspecified atom stereocenters. The maximum absolute atomic E-state index is 12.0. The van der Waals surface area contributed by atoms with Crippen LogP contribution < -0.4 is 10.6 Å². The quantitative estimate of drug-likeness (QED) is 0.860. The van der Waals surface area contributed by atoms with Crippen LogP contribution in [-0.2, 0) is 11.2 Å². The van der Waals surface area contributed by atoms with E-state index >= 15 is 0 Å². The lowest BCUT2D eigenvalue weighted by Gasteiger charge is -2.21. The van der Waals surface area contributed by atoms with Crippen molar-refractivity contribution in [3.8, 4) is 0 Å². The van der Waals surface area contributed by atoms with Crippen LogP contribution >= 0.6 is 0 Å². The zero-order chi connectivity index (χ0) is 14.0. The van der Waals surface area contributed by atoms with Crippen molar-refractivity contribution in [3.05, 3.63) is 17.3 Å². The Bertz CT molecular complexity index is 489. The number of rotatable bonds is 2. The molecule has 1 amide bonds. The maximum Gasteiger partial charge on any atom is 0.226 e. The summed E-state index contributed by atoms with van der Waals surface area (Å²) in [6.45, 7) is 9.16. The normalized spacial score (nSPS) is 14.5. The fraction of sp³-hybridized carbons (Fsp3) is 0.600. The molecule has 0 saturated carbocycles. The highest BCUT2D eigenvalue weighted by atomic mass is 16.1. The molecule has 0 fully saturated rings. The van der Waals surface area contributed by atoms with Gasteiger partial charge in [-0.3, -0.25) is 4.79 Å². The Morgan fingerprint density at radius 2 is 2.21 bits per heavy atom. The van der Waals surface area contributed by atoms with Gasteiger partial charge < -0.3 is 10.6 Å². The van der Waals surface area contributed by atoms with Crippen molar-refractivity contribution in [1.29, 1.82) is 0 Å². The summed E-state index contributed by atoms with van der Waals surface area (Å²) >= 11 is 0. The lowest BCUT2D eigenvalue weighted by molar-refractivity contribution is -0.117. The fourth-order valence-electron chi connectivity index (χ4n) is 2.26. The minimum Gasteiger partial charge on any atom is -0.384 e. The average Bonchev–Trinajstić information content (AvgIpc) is 2.27. The smallest absolute Gasteiger partial charge is 0.226 e. The van der Waals surface area contributed by atoms with E-state index in [9.17, 15) is 4.79 Å². The summed E-state index contributed by atoms with van der Waals surface area (Å²) in [5.41, 5.74) is 3.17. The minimum atomic E-state index is -0.00620. The van der Waals surface area contributed by atoms with Gasteiger partial charge in [-0.05, 0) is 36.8 Å². The predicted molar refractivity (Wildman–Crippen MR) is 78.5 cm³/mol. The van der Waals surface area contributed by atoms with Crippen molar-refractivity contribution >= 4 is 17.4 Å². The first-order chi connectivity index (χ1) is 8.85. The minimum absolute atomic E-state index is 0.00620. The molecule has 19 heavy (non-hydrogen) atoms. The third-order valence-corrected chi connectivity index (χ3v) is 3.15. The second-order valence-electron chi connectivity index (χ2n) is 6.46. The van der Waals surface area contributed by atoms with Crippen LogP contribution in [0.25, 0.3) is 0 Å². The van der Waals surface area contributed by atoms with E-state index in [-0.39, 0.29) is 11.3 Å². The van der Waals surface area contributed by atoms with Crippen LogP contribution in [0.2, 0.25) is 0 Å². The number of aryl methyl sites for hydroxylation is 2. The van der Waals surface area contributed by atoms with Gasteiger partial charge in [-0.15, -0.1) is 0 Å². The van der Waals surface area contributed by atoms with Gasteiger partial charge in [-0.1, -0.05) is 20.8 Å². The van der Waals surface area contributed by atoms with E-state index in [0.717, 1.165) is 36.3 Å². The fourth-order valence-corrected chi connectivity index (χ4v) is 2.26. The molecule has 4 heteroatoms. The number of hydrogen-bond acceptors (Lipinski definition) is 3. The number of nitrogens with one attached hydrogen (secondary N) is 2. The molecule has 1 aliphatic rings. The Kier molecular flexibility index (Phi) is 3.78. The van der Waals surface area contributed by atoms with Crippen molar-refractivity contribution in [2.75, 3.05) is 17.2 Å². The third-order valence-electron chi connectivity index (χ3n) is 3.15. The second-order valence-corrected chi connectivity index (χ2v) is 6.46. The summed E-state index contributed by atoms with van der Waals surface area (Å²) in [5, 5.41) is 6.29. The van der Waals surface area contributed by atoms with Crippen molar-refractivity contribution in [2.45, 2.75) is 47.0 Å². The number of pyridine rings is 1. The summed E-state index contributed by atoms with van der Waals surface area (Å²) < 4.78 is 0. The first-order valence-corrected chi connectivity index (χ1v) is 6.89. The first-order valence-electron chi connectivity index (χ1n) is 6.89. The number of amides is 1. The highest BCUT2D eigenvalue weighted by molar-refractivity contribution is 5.91. The summed E-state index contributed by atoms with van der Waals surface area (Å²) in [6.07, 6.45) is 2.58. The first kappa shape index (κ1) is 13.8. The number of carbonyl (C=O) groups is 1. The highest BCUT2D eigenvalue weighted by Gasteiger charge is 2.18. The number of fused-ring (bicyclic) bond motifs is 1. The van der Waals surface area contributed by atoms with Gasteiger partial charge >= 0.3 is 0 Å². The van der Waals surface area contributed by atoms with E-state index in [1.54, 1.807) is 0 Å². The van der Waals surface area contributed by atoms with Crippen LogP contribution in [0.4, 0.5) is 11.5 Å². The highest BCUT2D eigenvalue weighted by Crippen LogP contribution is 2.26. The summed E-state index contributed by atoms with van der Waals surface area (Å²) in [7, 11) is 0. The summed E-state index contributed by atoms with van der Waals surface area (Å²) in [4.78, 5) is 16.6. The van der Waals surface area contributed by atoms with Gasteiger partial charge in [0.1, 0.15) is 5.82 Å². The molecule has 0 radical (unpaired) electrons. The molecule has 1 aromatic rings. The van der Waals surface area contributed by atoms with Gasteiger partial charge in [-0.2, -0.15) is 0 Å². The van der Waals surface area contributed by atoms with E-state index in [1.807, 2.05) is 6.92 Å². The topological polar surface area (TPSA) is 54.0 Å². The van der Waals surface area contributed by atoms with Gasteiger partial charge in [0.2, 0.25) is 5.91 Å². The van der Waals surface area contributed by atoms with Gasteiger partial charge in [0.25, 0.3) is 0 Å². The Morgan fingerprint density at radius 1 is 1.47 bits per heavy atom. The molecule has 4 nitrogen and oxygen atoms in total. The molecule has 0 aromatic carbocycles. The number of hydrogen-bond donors (Lipinski definition) is 2. The second kappa shape index (κ2) is 5.19. The molecule has 104 valence electrons. The summed E-state index contributed by atoms with van der Waals surface area (Å²) in [5.74, 6) is 0.739. The number of carbonyl (C=O) groups excluding carboxylic acids is 1. The van der Waals surface area contributed by atoms with Crippen LogP contribution in [0.1, 0.15) is 44.9 Å². The molecule has 0 atom stereocenters. The average molecular weight is 261 g/mol. The molecule has 1 aromatic heterocycles. The van der Waals surface area contributed by atoms with Crippen molar-refractivity contribution in [2.24, 2.45) is 5.41 Å². The van der Waals surface area contributed by atoms with Gasteiger partial charge in [0.15, 0.2) is 0 Å². The molecule has 0 spiro atoms. The molecule has 1 aliphatic heterocycles. The van der Waals surface area contributed by atoms with Crippen molar-refractivity contribution in [3.63, 3.8) is 0 Å².